The topological polar surface area (TPSA) is 78.9 Å². The van der Waals surface area contributed by atoms with Gasteiger partial charge in [-0.1, -0.05) is 264 Å². The lowest BCUT2D eigenvalue weighted by molar-refractivity contribution is -0.167. The maximum Gasteiger partial charge on any atom is 0.306 e. The summed E-state index contributed by atoms with van der Waals surface area (Å²) in [6.07, 6.45) is 58.0. The molecule has 0 radical (unpaired) electrons. The van der Waals surface area contributed by atoms with E-state index in [0.29, 0.717) is 19.3 Å². The molecule has 0 fully saturated rings. The molecule has 0 saturated carbocycles. The van der Waals surface area contributed by atoms with Crippen LogP contribution in [0.5, 0.6) is 0 Å². The molecule has 6 heteroatoms. The van der Waals surface area contributed by atoms with Gasteiger partial charge < -0.3 is 14.2 Å². The van der Waals surface area contributed by atoms with E-state index in [1.807, 2.05) is 0 Å². The lowest BCUT2D eigenvalue weighted by Crippen LogP contribution is -2.30. The highest BCUT2D eigenvalue weighted by Gasteiger charge is 2.19. The molecule has 0 aromatic carbocycles. The van der Waals surface area contributed by atoms with Crippen LogP contribution >= 0.6 is 0 Å². The van der Waals surface area contributed by atoms with Gasteiger partial charge >= 0.3 is 17.9 Å². The second kappa shape index (κ2) is 51.8. The maximum absolute atomic E-state index is 12.7. The summed E-state index contributed by atoms with van der Waals surface area (Å²) in [4.78, 5) is 37.9. The van der Waals surface area contributed by atoms with Crippen LogP contribution in [0.4, 0.5) is 0 Å². The number of hydrogen-bond donors (Lipinski definition) is 0. The van der Waals surface area contributed by atoms with Crippen LogP contribution in [-0.4, -0.2) is 37.2 Å². The van der Waals surface area contributed by atoms with Gasteiger partial charge in [-0.05, 0) is 38.5 Å². The molecule has 0 N–H and O–H groups in total. The number of esters is 3. The lowest BCUT2D eigenvalue weighted by Gasteiger charge is -2.18. The Balaban J connectivity index is 4.09. The average Bonchev–Trinajstić information content (AvgIpc) is 3.27. The third kappa shape index (κ3) is 49.2. The van der Waals surface area contributed by atoms with Crippen LogP contribution in [0.15, 0.2) is 12.2 Å². The molecule has 0 aliphatic carbocycles. The Morgan fingerprint density at radius 2 is 0.565 bits per heavy atom. The van der Waals surface area contributed by atoms with Crippen LogP contribution in [0.3, 0.4) is 0 Å². The SMILES string of the molecule is CCC/C=C\CCCCCCCC(=O)OC(COC(=O)CCCCCCCCCCCC)COC(=O)CCCCCCCCCCCCCCCCCCCCCCCCCC. The molecule has 0 aromatic heterocycles. The fourth-order valence-corrected chi connectivity index (χ4v) is 8.33. The van der Waals surface area contributed by atoms with Crippen LogP contribution in [0.1, 0.15) is 310 Å². The quantitative estimate of drug-likeness (QED) is 0.0262. The molecule has 0 saturated heterocycles. The third-order valence-electron chi connectivity index (χ3n) is 12.5. The summed E-state index contributed by atoms with van der Waals surface area (Å²) >= 11 is 0. The Morgan fingerprint density at radius 1 is 0.306 bits per heavy atom. The molecule has 0 aromatic rings. The standard InChI is InChI=1S/C56H106O6/c1-4-7-10-13-16-19-22-23-24-25-26-27-28-29-30-31-32-33-34-35-38-40-43-46-49-55(58)61-52-53(62-56(59)50-47-44-41-37-21-18-15-12-9-6-3)51-60-54(57)48-45-42-39-36-20-17-14-11-8-5-2/h12,15,53H,4-11,13-14,16-52H2,1-3H3/b15-12-. The summed E-state index contributed by atoms with van der Waals surface area (Å²) in [5.74, 6) is -0.864. The van der Waals surface area contributed by atoms with Crippen molar-refractivity contribution in [1.29, 1.82) is 0 Å². The molecule has 0 aliphatic heterocycles. The first-order chi connectivity index (χ1) is 30.5. The van der Waals surface area contributed by atoms with Crippen molar-refractivity contribution >= 4 is 17.9 Å². The van der Waals surface area contributed by atoms with Gasteiger partial charge in [0.1, 0.15) is 13.2 Å². The third-order valence-corrected chi connectivity index (χ3v) is 12.5. The maximum atomic E-state index is 12.7. The highest BCUT2D eigenvalue weighted by Crippen LogP contribution is 2.17. The highest BCUT2D eigenvalue weighted by atomic mass is 16.6. The minimum absolute atomic E-state index is 0.0684. The molecule has 0 aliphatic rings. The van der Waals surface area contributed by atoms with E-state index in [-0.39, 0.29) is 31.1 Å². The van der Waals surface area contributed by atoms with Crippen LogP contribution in [-0.2, 0) is 28.6 Å². The predicted molar refractivity (Wildman–Crippen MR) is 266 cm³/mol. The molecule has 62 heavy (non-hydrogen) atoms. The summed E-state index contributed by atoms with van der Waals surface area (Å²) in [5.41, 5.74) is 0. The lowest BCUT2D eigenvalue weighted by atomic mass is 10.0. The van der Waals surface area contributed by atoms with Crippen molar-refractivity contribution in [1.82, 2.24) is 0 Å². The summed E-state index contributed by atoms with van der Waals surface area (Å²) in [5, 5.41) is 0. The normalized spacial score (nSPS) is 12.0. The van der Waals surface area contributed by atoms with E-state index < -0.39 is 6.10 Å². The first-order valence-electron chi connectivity index (χ1n) is 27.7. The van der Waals surface area contributed by atoms with Crippen molar-refractivity contribution in [3.05, 3.63) is 12.2 Å². The molecule has 0 heterocycles. The smallest absolute Gasteiger partial charge is 0.306 e. The minimum Gasteiger partial charge on any atom is -0.462 e. The van der Waals surface area contributed by atoms with Gasteiger partial charge in [0.25, 0.3) is 0 Å². The number of rotatable bonds is 51. The van der Waals surface area contributed by atoms with E-state index in [9.17, 15) is 14.4 Å². The fraction of sp³-hybridized carbons (Fsp3) is 0.911. The largest absolute Gasteiger partial charge is 0.462 e. The van der Waals surface area contributed by atoms with Gasteiger partial charge in [0.15, 0.2) is 6.10 Å². The zero-order valence-electron chi connectivity index (χ0n) is 41.9. The number of allylic oxidation sites excluding steroid dienone is 2. The van der Waals surface area contributed by atoms with E-state index >= 15 is 0 Å². The van der Waals surface area contributed by atoms with Gasteiger partial charge in [0.2, 0.25) is 0 Å². The van der Waals surface area contributed by atoms with Crippen LogP contribution in [0.25, 0.3) is 0 Å². The van der Waals surface area contributed by atoms with Gasteiger partial charge in [-0.2, -0.15) is 0 Å². The van der Waals surface area contributed by atoms with Crippen LogP contribution < -0.4 is 0 Å². The van der Waals surface area contributed by atoms with E-state index in [4.69, 9.17) is 14.2 Å². The van der Waals surface area contributed by atoms with E-state index in [2.05, 4.69) is 32.9 Å². The Labute approximate surface area is 386 Å². The molecular weight excluding hydrogens is 769 g/mol. The molecule has 0 spiro atoms. The molecule has 1 atom stereocenters. The zero-order valence-corrected chi connectivity index (χ0v) is 41.9. The molecule has 0 bridgehead atoms. The molecule has 1 unspecified atom stereocenters. The molecule has 366 valence electrons. The van der Waals surface area contributed by atoms with Crippen molar-refractivity contribution in [2.24, 2.45) is 0 Å². The minimum atomic E-state index is -0.766. The number of hydrogen-bond acceptors (Lipinski definition) is 6. The van der Waals surface area contributed by atoms with E-state index in [0.717, 1.165) is 70.6 Å². The van der Waals surface area contributed by atoms with Crippen molar-refractivity contribution < 1.29 is 28.6 Å². The zero-order chi connectivity index (χ0) is 45.1. The van der Waals surface area contributed by atoms with E-state index in [1.54, 1.807) is 0 Å². The van der Waals surface area contributed by atoms with Crippen molar-refractivity contribution in [2.45, 2.75) is 316 Å². The van der Waals surface area contributed by atoms with Crippen molar-refractivity contribution in [3.63, 3.8) is 0 Å². The van der Waals surface area contributed by atoms with Gasteiger partial charge in [0.05, 0.1) is 0 Å². The number of ether oxygens (including phenoxy) is 3. The number of carbonyl (C=O) groups is 3. The predicted octanol–water partition coefficient (Wildman–Crippen LogP) is 18.2. The Bertz CT molecular complexity index is 962. The average molecular weight is 875 g/mol. The van der Waals surface area contributed by atoms with Gasteiger partial charge in [-0.25, -0.2) is 0 Å². The number of unbranched alkanes of at least 4 members (excludes halogenated alkanes) is 38. The second-order valence-corrected chi connectivity index (χ2v) is 18.9. The summed E-state index contributed by atoms with van der Waals surface area (Å²) in [6.45, 7) is 6.60. The van der Waals surface area contributed by atoms with Gasteiger partial charge in [-0.15, -0.1) is 0 Å². The Hall–Kier alpha value is -1.85. The second-order valence-electron chi connectivity index (χ2n) is 18.9. The Morgan fingerprint density at radius 3 is 0.871 bits per heavy atom. The van der Waals surface area contributed by atoms with Gasteiger partial charge in [0, 0.05) is 19.3 Å². The van der Waals surface area contributed by atoms with Crippen molar-refractivity contribution in [3.8, 4) is 0 Å². The van der Waals surface area contributed by atoms with Crippen LogP contribution in [0, 0.1) is 0 Å². The summed E-state index contributed by atoms with van der Waals surface area (Å²) in [7, 11) is 0. The first-order valence-corrected chi connectivity index (χ1v) is 27.7. The first kappa shape index (κ1) is 60.2. The highest BCUT2D eigenvalue weighted by molar-refractivity contribution is 5.71. The van der Waals surface area contributed by atoms with Gasteiger partial charge in [-0.3, -0.25) is 14.4 Å². The van der Waals surface area contributed by atoms with Crippen molar-refractivity contribution in [2.75, 3.05) is 13.2 Å². The number of carbonyl (C=O) groups excluding carboxylic acids is 3. The summed E-state index contributed by atoms with van der Waals surface area (Å²) in [6, 6.07) is 0. The fourth-order valence-electron chi connectivity index (χ4n) is 8.33. The summed E-state index contributed by atoms with van der Waals surface area (Å²) < 4.78 is 16.8. The molecule has 0 amide bonds. The molecule has 0 rings (SSSR count). The molecule has 6 nitrogen and oxygen atoms in total. The Kier molecular flexibility index (Phi) is 50.2. The van der Waals surface area contributed by atoms with E-state index in [1.165, 1.54) is 199 Å². The monoisotopic (exact) mass is 875 g/mol. The van der Waals surface area contributed by atoms with Crippen LogP contribution in [0.2, 0.25) is 0 Å². The molecular formula is C56H106O6.